The lowest BCUT2D eigenvalue weighted by atomic mass is 10.1. The number of aromatic amines is 2. The van der Waals surface area contributed by atoms with E-state index in [4.69, 9.17) is 0 Å². The van der Waals surface area contributed by atoms with Crippen molar-refractivity contribution in [2.45, 2.75) is 23.6 Å². The average molecular weight is 402 g/mol. The summed E-state index contributed by atoms with van der Waals surface area (Å²) in [6, 6.07) is 17.9. The van der Waals surface area contributed by atoms with Crippen molar-refractivity contribution in [2.24, 2.45) is 0 Å². The molecule has 2 heterocycles. The van der Waals surface area contributed by atoms with Crippen molar-refractivity contribution in [3.05, 3.63) is 72.1 Å². The highest BCUT2D eigenvalue weighted by atomic mass is 32.2. The molecule has 5 aromatic rings. The van der Waals surface area contributed by atoms with Crippen LogP contribution in [0, 0.1) is 13.8 Å². The fourth-order valence-corrected chi connectivity index (χ4v) is 4.74. The second-order valence-electron chi connectivity index (χ2n) is 7.13. The van der Waals surface area contributed by atoms with Gasteiger partial charge >= 0.3 is 0 Å². The Balaban J connectivity index is 1.58. The molecule has 0 atom stereocenters. The molecule has 0 aliphatic carbocycles. The minimum absolute atomic E-state index is 0.222. The molecular weight excluding hydrogens is 384 g/mol. The van der Waals surface area contributed by atoms with Gasteiger partial charge in [0.1, 0.15) is 11.6 Å². The third-order valence-corrected chi connectivity index (χ3v) is 6.72. The van der Waals surface area contributed by atoms with Crippen LogP contribution < -0.4 is 0 Å². The highest BCUT2D eigenvalue weighted by Crippen LogP contribution is 2.27. The SMILES string of the molecule is Cc1ccc(-c2nc3ccc(S(=O)(=O)c4ccc5nc(C)[nH]c5c4)cc3[nH]2)cc1. The van der Waals surface area contributed by atoms with Crippen LogP contribution in [0.2, 0.25) is 0 Å². The molecule has 0 unspecified atom stereocenters. The number of nitrogens with zero attached hydrogens (tertiary/aromatic N) is 2. The lowest BCUT2D eigenvalue weighted by Crippen LogP contribution is -2.01. The van der Waals surface area contributed by atoms with Crippen LogP contribution in [-0.4, -0.2) is 28.4 Å². The molecule has 144 valence electrons. The zero-order valence-corrected chi connectivity index (χ0v) is 16.7. The van der Waals surface area contributed by atoms with Crippen LogP contribution in [0.5, 0.6) is 0 Å². The molecule has 0 fully saturated rings. The van der Waals surface area contributed by atoms with E-state index in [1.807, 2.05) is 38.1 Å². The van der Waals surface area contributed by atoms with Crippen LogP contribution in [0.1, 0.15) is 11.4 Å². The van der Waals surface area contributed by atoms with Crippen molar-refractivity contribution in [3.8, 4) is 11.4 Å². The number of aryl methyl sites for hydroxylation is 2. The Labute approximate surface area is 167 Å². The molecule has 0 radical (unpaired) electrons. The minimum Gasteiger partial charge on any atom is -0.342 e. The van der Waals surface area contributed by atoms with Gasteiger partial charge in [-0.25, -0.2) is 18.4 Å². The van der Waals surface area contributed by atoms with Gasteiger partial charge in [0.15, 0.2) is 0 Å². The molecule has 0 saturated heterocycles. The Bertz CT molecular complexity index is 1480. The summed E-state index contributed by atoms with van der Waals surface area (Å²) in [4.78, 5) is 15.7. The Kier molecular flexibility index (Phi) is 3.82. The first-order valence-electron chi connectivity index (χ1n) is 9.18. The first-order chi connectivity index (χ1) is 13.9. The van der Waals surface area contributed by atoms with Crippen LogP contribution >= 0.6 is 0 Å². The molecule has 7 heteroatoms. The fraction of sp³-hybridized carbons (Fsp3) is 0.0909. The zero-order valence-electron chi connectivity index (χ0n) is 15.9. The van der Waals surface area contributed by atoms with Crippen LogP contribution in [0.3, 0.4) is 0 Å². The van der Waals surface area contributed by atoms with Gasteiger partial charge in [0, 0.05) is 5.56 Å². The maximum atomic E-state index is 13.2. The second-order valence-corrected chi connectivity index (χ2v) is 9.08. The molecule has 5 rings (SSSR count). The number of fused-ring (bicyclic) bond motifs is 2. The lowest BCUT2D eigenvalue weighted by molar-refractivity contribution is 0.596. The maximum Gasteiger partial charge on any atom is 0.206 e. The van der Waals surface area contributed by atoms with E-state index in [0.29, 0.717) is 16.9 Å². The Morgan fingerprint density at radius 1 is 0.724 bits per heavy atom. The largest absolute Gasteiger partial charge is 0.342 e. The lowest BCUT2D eigenvalue weighted by Gasteiger charge is -2.04. The first kappa shape index (κ1) is 17.6. The van der Waals surface area contributed by atoms with Crippen LogP contribution in [-0.2, 0) is 9.84 Å². The third-order valence-electron chi connectivity index (χ3n) is 4.97. The van der Waals surface area contributed by atoms with Gasteiger partial charge in [-0.1, -0.05) is 29.8 Å². The molecule has 2 aromatic heterocycles. The van der Waals surface area contributed by atoms with Gasteiger partial charge in [-0.2, -0.15) is 0 Å². The van der Waals surface area contributed by atoms with E-state index in [0.717, 1.165) is 22.4 Å². The topological polar surface area (TPSA) is 91.5 Å². The summed E-state index contributed by atoms with van der Waals surface area (Å²) >= 11 is 0. The van der Waals surface area contributed by atoms with Gasteiger partial charge in [0.05, 0.1) is 31.9 Å². The summed E-state index contributed by atoms with van der Waals surface area (Å²) in [7, 11) is -3.67. The molecule has 0 bridgehead atoms. The standard InChI is InChI=1S/C22H18N4O2S/c1-13-3-5-15(6-4-13)22-25-19-10-8-17(12-21(19)26-22)29(27,28)16-7-9-18-20(11-16)24-14(2)23-18/h3-12H,1-2H3,(H,23,24)(H,25,26). The molecule has 6 nitrogen and oxygen atoms in total. The van der Waals surface area contributed by atoms with Gasteiger partial charge in [-0.3, -0.25) is 0 Å². The number of imidazole rings is 2. The van der Waals surface area contributed by atoms with E-state index in [9.17, 15) is 8.42 Å². The first-order valence-corrected chi connectivity index (χ1v) is 10.7. The van der Waals surface area contributed by atoms with Gasteiger partial charge in [-0.05, 0) is 50.2 Å². The van der Waals surface area contributed by atoms with Crippen LogP contribution in [0.25, 0.3) is 33.5 Å². The second kappa shape index (κ2) is 6.28. The van der Waals surface area contributed by atoms with Crippen molar-refractivity contribution in [1.29, 1.82) is 0 Å². The van der Waals surface area contributed by atoms with E-state index in [1.165, 1.54) is 5.56 Å². The van der Waals surface area contributed by atoms with Crippen LogP contribution in [0.15, 0.2) is 70.5 Å². The number of aromatic nitrogens is 4. The Morgan fingerprint density at radius 3 is 1.97 bits per heavy atom. The van der Waals surface area contributed by atoms with Crippen molar-refractivity contribution in [2.75, 3.05) is 0 Å². The average Bonchev–Trinajstić information content (AvgIpc) is 3.29. The summed E-state index contributed by atoms with van der Waals surface area (Å²) in [5.74, 6) is 1.46. The molecular formula is C22H18N4O2S. The molecule has 0 saturated carbocycles. The predicted octanol–water partition coefficient (Wildman–Crippen LogP) is 4.56. The number of rotatable bonds is 3. The maximum absolute atomic E-state index is 13.2. The molecule has 0 aliphatic rings. The highest BCUT2D eigenvalue weighted by molar-refractivity contribution is 7.91. The van der Waals surface area contributed by atoms with Crippen molar-refractivity contribution >= 4 is 31.9 Å². The third kappa shape index (κ3) is 3.00. The summed E-state index contributed by atoms with van der Waals surface area (Å²) in [5.41, 5.74) is 4.97. The number of benzene rings is 3. The van der Waals surface area contributed by atoms with E-state index in [2.05, 4.69) is 19.9 Å². The van der Waals surface area contributed by atoms with Gasteiger partial charge in [0.25, 0.3) is 0 Å². The van der Waals surface area contributed by atoms with E-state index >= 15 is 0 Å². The van der Waals surface area contributed by atoms with Crippen LogP contribution in [0.4, 0.5) is 0 Å². The van der Waals surface area contributed by atoms with Gasteiger partial charge in [-0.15, -0.1) is 0 Å². The highest BCUT2D eigenvalue weighted by Gasteiger charge is 2.20. The number of hydrogen-bond acceptors (Lipinski definition) is 4. The Morgan fingerprint density at radius 2 is 1.31 bits per heavy atom. The summed E-state index contributed by atoms with van der Waals surface area (Å²) in [6.07, 6.45) is 0. The van der Waals surface area contributed by atoms with Crippen molar-refractivity contribution in [3.63, 3.8) is 0 Å². The number of nitrogens with one attached hydrogen (secondary N) is 2. The summed E-state index contributed by atoms with van der Waals surface area (Å²) in [5, 5.41) is 0. The van der Waals surface area contributed by atoms with Gasteiger partial charge in [0.2, 0.25) is 9.84 Å². The molecule has 3 aromatic carbocycles. The fourth-order valence-electron chi connectivity index (χ4n) is 3.42. The molecule has 0 aliphatic heterocycles. The zero-order chi connectivity index (χ0) is 20.2. The van der Waals surface area contributed by atoms with Crippen molar-refractivity contribution in [1.82, 2.24) is 19.9 Å². The molecule has 2 N–H and O–H groups in total. The summed E-state index contributed by atoms with van der Waals surface area (Å²) in [6.45, 7) is 3.87. The van der Waals surface area contributed by atoms with E-state index in [1.54, 1.807) is 36.4 Å². The van der Waals surface area contributed by atoms with Crippen molar-refractivity contribution < 1.29 is 8.42 Å². The van der Waals surface area contributed by atoms with E-state index < -0.39 is 9.84 Å². The molecule has 29 heavy (non-hydrogen) atoms. The molecule has 0 amide bonds. The Hall–Kier alpha value is -3.45. The predicted molar refractivity (Wildman–Crippen MR) is 113 cm³/mol. The number of H-pyrrole nitrogens is 2. The van der Waals surface area contributed by atoms with Gasteiger partial charge < -0.3 is 9.97 Å². The quantitative estimate of drug-likeness (QED) is 0.463. The summed E-state index contributed by atoms with van der Waals surface area (Å²) < 4.78 is 26.3. The number of hydrogen-bond donors (Lipinski definition) is 2. The van der Waals surface area contributed by atoms with E-state index in [-0.39, 0.29) is 9.79 Å². The smallest absolute Gasteiger partial charge is 0.206 e. The normalized spacial score (nSPS) is 12.1. The molecule has 0 spiro atoms. The number of sulfone groups is 1. The monoisotopic (exact) mass is 402 g/mol. The minimum atomic E-state index is -3.67.